The number of carboxylic acid groups (broad SMARTS) is 1. The third kappa shape index (κ3) is 2.57. The Kier molecular flexibility index (Phi) is 3.50. The lowest BCUT2D eigenvalue weighted by atomic mass is 10.1. The van der Waals surface area contributed by atoms with Gasteiger partial charge >= 0.3 is 11.9 Å². The van der Waals surface area contributed by atoms with Crippen LogP contribution < -0.4 is 5.01 Å². The lowest BCUT2D eigenvalue weighted by Crippen LogP contribution is -2.34. The largest absolute Gasteiger partial charge is 0.480 e. The molecule has 1 aromatic rings. The van der Waals surface area contributed by atoms with Gasteiger partial charge in [-0.05, 0) is 19.1 Å². The third-order valence-electron chi connectivity index (χ3n) is 2.91. The van der Waals surface area contributed by atoms with Gasteiger partial charge in [0, 0.05) is 6.42 Å². The number of carbonyl (C=O) groups excluding carboxylic acids is 1. The molecule has 1 aliphatic rings. The molecule has 6 nitrogen and oxygen atoms in total. The third-order valence-corrected chi connectivity index (χ3v) is 2.91. The zero-order chi connectivity index (χ0) is 14.0. The standard InChI is InChI=1S/C13H14N2O4/c1-8-3-5-9(6-4-8)15-11(12(16)17)7-10(14-15)13(18)19-2/h3-6,11H,7H2,1-2H3,(H,16,17)/t11-/m0/s1. The first-order chi connectivity index (χ1) is 9.02. The summed E-state index contributed by atoms with van der Waals surface area (Å²) in [5, 5.41) is 14.6. The Morgan fingerprint density at radius 1 is 1.37 bits per heavy atom. The summed E-state index contributed by atoms with van der Waals surface area (Å²) in [6.07, 6.45) is 0.0376. The zero-order valence-corrected chi connectivity index (χ0v) is 10.7. The number of ether oxygens (including phenoxy) is 1. The van der Waals surface area contributed by atoms with E-state index in [1.165, 1.54) is 12.1 Å². The van der Waals surface area contributed by atoms with Crippen LogP contribution in [0, 0.1) is 6.92 Å². The van der Waals surface area contributed by atoms with E-state index >= 15 is 0 Å². The van der Waals surface area contributed by atoms with E-state index in [1.807, 2.05) is 19.1 Å². The predicted octanol–water partition coefficient (Wildman–Crippen LogP) is 1.19. The average Bonchev–Trinajstić information content (AvgIpc) is 2.84. The minimum Gasteiger partial charge on any atom is -0.480 e. The molecule has 0 spiro atoms. The molecule has 0 amide bonds. The summed E-state index contributed by atoms with van der Waals surface area (Å²) < 4.78 is 4.58. The summed E-state index contributed by atoms with van der Waals surface area (Å²) in [6, 6.07) is 6.39. The van der Waals surface area contributed by atoms with Gasteiger partial charge in [0.15, 0.2) is 6.04 Å². The highest BCUT2D eigenvalue weighted by Crippen LogP contribution is 2.25. The van der Waals surface area contributed by atoms with E-state index in [2.05, 4.69) is 9.84 Å². The maximum atomic E-state index is 11.4. The number of anilines is 1. The van der Waals surface area contributed by atoms with Gasteiger partial charge in [0.05, 0.1) is 12.8 Å². The molecule has 19 heavy (non-hydrogen) atoms. The number of methoxy groups -OCH3 is 1. The first kappa shape index (κ1) is 13.1. The summed E-state index contributed by atoms with van der Waals surface area (Å²) in [6.45, 7) is 1.94. The van der Waals surface area contributed by atoms with Crippen LogP contribution in [0.5, 0.6) is 0 Å². The molecule has 1 aromatic carbocycles. The Labute approximate surface area is 110 Å². The molecule has 0 saturated carbocycles. The number of carbonyl (C=O) groups is 2. The van der Waals surface area contributed by atoms with Crippen molar-refractivity contribution < 1.29 is 19.4 Å². The van der Waals surface area contributed by atoms with Gasteiger partial charge in [0.25, 0.3) is 0 Å². The summed E-state index contributed by atoms with van der Waals surface area (Å²) in [5.41, 5.74) is 1.82. The van der Waals surface area contributed by atoms with Crippen LogP contribution in [0.4, 0.5) is 5.69 Å². The Hall–Kier alpha value is -2.37. The van der Waals surface area contributed by atoms with Crippen molar-refractivity contribution in [3.63, 3.8) is 0 Å². The number of carboxylic acids is 1. The van der Waals surface area contributed by atoms with Crippen LogP contribution in [-0.4, -0.2) is 35.9 Å². The molecule has 0 aromatic heterocycles. The minimum absolute atomic E-state index is 0.0376. The van der Waals surface area contributed by atoms with Crippen LogP contribution in [0.3, 0.4) is 0 Å². The van der Waals surface area contributed by atoms with E-state index in [4.69, 9.17) is 0 Å². The molecule has 6 heteroatoms. The summed E-state index contributed by atoms with van der Waals surface area (Å²) in [7, 11) is 1.25. The topological polar surface area (TPSA) is 79.2 Å². The van der Waals surface area contributed by atoms with Crippen molar-refractivity contribution in [3.05, 3.63) is 29.8 Å². The molecule has 1 atom stereocenters. The van der Waals surface area contributed by atoms with Crippen LogP contribution in [-0.2, 0) is 14.3 Å². The van der Waals surface area contributed by atoms with E-state index in [0.29, 0.717) is 5.69 Å². The van der Waals surface area contributed by atoms with Crippen LogP contribution in [0.15, 0.2) is 29.4 Å². The highest BCUT2D eigenvalue weighted by molar-refractivity contribution is 6.38. The van der Waals surface area contributed by atoms with Gasteiger partial charge in [-0.25, -0.2) is 9.59 Å². The van der Waals surface area contributed by atoms with E-state index in [1.54, 1.807) is 12.1 Å². The van der Waals surface area contributed by atoms with Crippen molar-refractivity contribution in [2.45, 2.75) is 19.4 Å². The fourth-order valence-corrected chi connectivity index (χ4v) is 1.88. The molecule has 1 heterocycles. The second-order valence-corrected chi connectivity index (χ2v) is 4.28. The fourth-order valence-electron chi connectivity index (χ4n) is 1.88. The van der Waals surface area contributed by atoms with Crippen molar-refractivity contribution in [2.24, 2.45) is 5.10 Å². The minimum atomic E-state index is -1.02. The van der Waals surface area contributed by atoms with E-state index < -0.39 is 18.0 Å². The normalized spacial score (nSPS) is 18.1. The monoisotopic (exact) mass is 262 g/mol. The molecule has 1 N–H and O–H groups in total. The maximum absolute atomic E-state index is 11.4. The van der Waals surface area contributed by atoms with Crippen molar-refractivity contribution in [2.75, 3.05) is 12.1 Å². The zero-order valence-electron chi connectivity index (χ0n) is 10.7. The molecule has 0 unspecified atom stereocenters. The number of esters is 1. The van der Waals surface area contributed by atoms with Crippen molar-refractivity contribution >= 4 is 23.3 Å². The fraction of sp³-hybridized carbons (Fsp3) is 0.308. The molecule has 100 valence electrons. The van der Waals surface area contributed by atoms with Crippen LogP contribution in [0.2, 0.25) is 0 Å². The highest BCUT2D eigenvalue weighted by Gasteiger charge is 2.36. The molecule has 2 rings (SSSR count). The summed E-state index contributed by atoms with van der Waals surface area (Å²) in [4.78, 5) is 22.7. The van der Waals surface area contributed by atoms with Crippen LogP contribution >= 0.6 is 0 Å². The highest BCUT2D eigenvalue weighted by atomic mass is 16.5. The van der Waals surface area contributed by atoms with Gasteiger partial charge in [-0.2, -0.15) is 5.10 Å². The van der Waals surface area contributed by atoms with Gasteiger partial charge in [-0.15, -0.1) is 0 Å². The van der Waals surface area contributed by atoms with Crippen LogP contribution in [0.25, 0.3) is 0 Å². The lowest BCUT2D eigenvalue weighted by Gasteiger charge is -2.19. The van der Waals surface area contributed by atoms with Crippen molar-refractivity contribution in [3.8, 4) is 0 Å². The van der Waals surface area contributed by atoms with Gasteiger partial charge in [-0.3, -0.25) is 5.01 Å². The molecule has 0 bridgehead atoms. The van der Waals surface area contributed by atoms with E-state index in [0.717, 1.165) is 5.56 Å². The molecular formula is C13H14N2O4. The van der Waals surface area contributed by atoms with Gasteiger partial charge in [0.1, 0.15) is 5.71 Å². The maximum Gasteiger partial charge on any atom is 0.354 e. The predicted molar refractivity (Wildman–Crippen MR) is 69.1 cm³/mol. The van der Waals surface area contributed by atoms with E-state index in [-0.39, 0.29) is 12.1 Å². The second-order valence-electron chi connectivity index (χ2n) is 4.28. The number of hydrogen-bond donors (Lipinski definition) is 1. The number of rotatable bonds is 3. The lowest BCUT2D eigenvalue weighted by molar-refractivity contribution is -0.138. The van der Waals surface area contributed by atoms with E-state index in [9.17, 15) is 14.7 Å². The van der Waals surface area contributed by atoms with Gasteiger partial charge in [-0.1, -0.05) is 17.7 Å². The molecule has 0 aliphatic carbocycles. The molecular weight excluding hydrogens is 248 g/mol. The first-order valence-electron chi connectivity index (χ1n) is 5.77. The quantitative estimate of drug-likeness (QED) is 0.828. The van der Waals surface area contributed by atoms with Crippen molar-refractivity contribution in [1.82, 2.24) is 0 Å². The number of benzene rings is 1. The van der Waals surface area contributed by atoms with Gasteiger partial charge < -0.3 is 9.84 Å². The molecule has 0 saturated heterocycles. The molecule has 0 radical (unpaired) electrons. The van der Waals surface area contributed by atoms with Crippen molar-refractivity contribution in [1.29, 1.82) is 0 Å². The number of aryl methyl sites for hydroxylation is 1. The summed E-state index contributed by atoms with van der Waals surface area (Å²) >= 11 is 0. The average molecular weight is 262 g/mol. The second kappa shape index (κ2) is 5.09. The number of aliphatic carboxylic acids is 1. The number of nitrogens with zero attached hydrogens (tertiary/aromatic N) is 2. The Morgan fingerprint density at radius 2 is 2.00 bits per heavy atom. The Balaban J connectivity index is 2.34. The smallest absolute Gasteiger partial charge is 0.354 e. The number of hydrogen-bond acceptors (Lipinski definition) is 5. The van der Waals surface area contributed by atoms with Crippen LogP contribution in [0.1, 0.15) is 12.0 Å². The van der Waals surface area contributed by atoms with Gasteiger partial charge in [0.2, 0.25) is 0 Å². The Morgan fingerprint density at radius 3 is 2.53 bits per heavy atom. The summed E-state index contributed by atoms with van der Waals surface area (Å²) in [5.74, 6) is -1.62. The Bertz CT molecular complexity index is 536. The number of hydrazone groups is 1. The SMILES string of the molecule is COC(=O)C1=NN(c2ccc(C)cc2)[C@H](C(=O)O)C1. The molecule has 1 aliphatic heterocycles. The first-order valence-corrected chi connectivity index (χ1v) is 5.77. The molecule has 0 fully saturated rings.